The van der Waals surface area contributed by atoms with E-state index in [1.54, 1.807) is 23.9 Å². The summed E-state index contributed by atoms with van der Waals surface area (Å²) in [5, 5.41) is 13.1. The van der Waals surface area contributed by atoms with E-state index in [-0.39, 0.29) is 16.9 Å². The molecule has 1 heterocycles. The topological polar surface area (TPSA) is 67.2 Å². The lowest BCUT2D eigenvalue weighted by Crippen LogP contribution is -2.38. The molecule has 5 nitrogen and oxygen atoms in total. The van der Waals surface area contributed by atoms with Crippen LogP contribution in [0.3, 0.4) is 0 Å². The van der Waals surface area contributed by atoms with Gasteiger partial charge in [0.05, 0.1) is 5.60 Å². The third kappa shape index (κ3) is 4.35. The van der Waals surface area contributed by atoms with Crippen molar-refractivity contribution in [3.8, 4) is 0 Å². The Morgan fingerprint density at radius 3 is 2.53 bits per heavy atom. The SMILES string of the molecule is CCCC(C)(O)CNc1nccn(C(C)(C)C)c1=O. The molecule has 0 aliphatic heterocycles. The summed E-state index contributed by atoms with van der Waals surface area (Å²) < 4.78 is 1.64. The maximum Gasteiger partial charge on any atom is 0.293 e. The Labute approximate surface area is 114 Å². The molecule has 0 aromatic carbocycles. The molecule has 0 spiro atoms. The van der Waals surface area contributed by atoms with Gasteiger partial charge in [-0.1, -0.05) is 13.3 Å². The molecule has 0 saturated carbocycles. The summed E-state index contributed by atoms with van der Waals surface area (Å²) in [5.41, 5.74) is -1.28. The van der Waals surface area contributed by atoms with E-state index < -0.39 is 5.60 Å². The maximum atomic E-state index is 12.2. The molecular formula is C14H25N3O2. The average Bonchev–Trinajstić information content (AvgIpc) is 2.26. The van der Waals surface area contributed by atoms with Gasteiger partial charge in [0.2, 0.25) is 0 Å². The van der Waals surface area contributed by atoms with Crippen LogP contribution < -0.4 is 10.9 Å². The largest absolute Gasteiger partial charge is 0.388 e. The predicted octanol–water partition coefficient (Wildman–Crippen LogP) is 1.96. The molecule has 5 heteroatoms. The summed E-state index contributed by atoms with van der Waals surface area (Å²) in [7, 11) is 0. The van der Waals surface area contributed by atoms with E-state index in [1.165, 1.54) is 0 Å². The van der Waals surface area contributed by atoms with E-state index in [4.69, 9.17) is 0 Å². The number of rotatable bonds is 5. The molecule has 108 valence electrons. The van der Waals surface area contributed by atoms with Crippen LogP contribution in [-0.4, -0.2) is 26.8 Å². The van der Waals surface area contributed by atoms with Gasteiger partial charge in [0, 0.05) is 24.5 Å². The fraction of sp³-hybridized carbons (Fsp3) is 0.714. The minimum atomic E-state index is -0.828. The highest BCUT2D eigenvalue weighted by molar-refractivity contribution is 5.31. The van der Waals surface area contributed by atoms with E-state index in [2.05, 4.69) is 10.3 Å². The molecule has 0 bridgehead atoms. The van der Waals surface area contributed by atoms with E-state index in [1.807, 2.05) is 27.7 Å². The molecule has 2 N–H and O–H groups in total. The van der Waals surface area contributed by atoms with E-state index >= 15 is 0 Å². The second-order valence-corrected chi connectivity index (χ2v) is 6.22. The van der Waals surface area contributed by atoms with Crippen molar-refractivity contribution in [2.24, 2.45) is 0 Å². The summed E-state index contributed by atoms with van der Waals surface area (Å²) in [4.78, 5) is 16.3. The highest BCUT2D eigenvalue weighted by Gasteiger charge is 2.21. The Kier molecular flexibility index (Phi) is 4.74. The molecule has 1 aromatic heterocycles. The summed E-state index contributed by atoms with van der Waals surface area (Å²) >= 11 is 0. The molecule has 0 saturated heterocycles. The predicted molar refractivity (Wildman–Crippen MR) is 77.5 cm³/mol. The molecule has 1 atom stereocenters. The number of anilines is 1. The van der Waals surface area contributed by atoms with Gasteiger partial charge in [0.15, 0.2) is 5.82 Å². The van der Waals surface area contributed by atoms with Gasteiger partial charge in [-0.25, -0.2) is 4.98 Å². The highest BCUT2D eigenvalue weighted by Crippen LogP contribution is 2.13. The number of hydrogen-bond donors (Lipinski definition) is 2. The fourth-order valence-corrected chi connectivity index (χ4v) is 1.96. The number of nitrogens with zero attached hydrogens (tertiary/aromatic N) is 2. The van der Waals surface area contributed by atoms with Gasteiger partial charge < -0.3 is 15.0 Å². The Morgan fingerprint density at radius 1 is 1.37 bits per heavy atom. The lowest BCUT2D eigenvalue weighted by atomic mass is 10.0. The van der Waals surface area contributed by atoms with Gasteiger partial charge in [-0.15, -0.1) is 0 Å². The van der Waals surface area contributed by atoms with Crippen molar-refractivity contribution in [3.63, 3.8) is 0 Å². The Hall–Kier alpha value is -1.36. The third-order valence-electron chi connectivity index (χ3n) is 2.99. The van der Waals surface area contributed by atoms with Crippen LogP contribution in [-0.2, 0) is 5.54 Å². The summed E-state index contributed by atoms with van der Waals surface area (Å²) in [6.07, 6.45) is 4.85. The maximum absolute atomic E-state index is 12.2. The van der Waals surface area contributed by atoms with E-state index in [0.29, 0.717) is 13.0 Å². The first-order chi connectivity index (χ1) is 8.67. The number of aliphatic hydroxyl groups is 1. The molecule has 19 heavy (non-hydrogen) atoms. The minimum Gasteiger partial charge on any atom is -0.388 e. The fourth-order valence-electron chi connectivity index (χ4n) is 1.96. The monoisotopic (exact) mass is 267 g/mol. The highest BCUT2D eigenvalue weighted by atomic mass is 16.3. The van der Waals surface area contributed by atoms with Gasteiger partial charge in [-0.3, -0.25) is 4.79 Å². The average molecular weight is 267 g/mol. The molecule has 1 aromatic rings. The van der Waals surface area contributed by atoms with Crippen LogP contribution in [0.25, 0.3) is 0 Å². The molecule has 1 rings (SSSR count). The third-order valence-corrected chi connectivity index (χ3v) is 2.99. The first-order valence-corrected chi connectivity index (χ1v) is 6.72. The molecule has 0 radical (unpaired) electrons. The molecule has 0 amide bonds. The molecule has 0 aliphatic carbocycles. The summed E-state index contributed by atoms with van der Waals surface area (Å²) in [6.45, 7) is 9.98. The first-order valence-electron chi connectivity index (χ1n) is 6.72. The Balaban J connectivity index is 2.90. The molecule has 0 fully saturated rings. The van der Waals surface area contributed by atoms with Crippen molar-refractivity contribution < 1.29 is 5.11 Å². The Bertz CT molecular complexity index is 472. The second kappa shape index (κ2) is 5.74. The normalized spacial score (nSPS) is 15.1. The van der Waals surface area contributed by atoms with Crippen LogP contribution in [0.15, 0.2) is 17.2 Å². The van der Waals surface area contributed by atoms with Crippen molar-refractivity contribution in [3.05, 3.63) is 22.7 Å². The number of aromatic nitrogens is 2. The zero-order chi connectivity index (χ0) is 14.7. The van der Waals surface area contributed by atoms with E-state index in [0.717, 1.165) is 6.42 Å². The van der Waals surface area contributed by atoms with Crippen molar-refractivity contribution in [2.75, 3.05) is 11.9 Å². The lowest BCUT2D eigenvalue weighted by Gasteiger charge is -2.25. The summed E-state index contributed by atoms with van der Waals surface area (Å²) in [6, 6.07) is 0. The smallest absolute Gasteiger partial charge is 0.293 e. The van der Waals surface area contributed by atoms with Crippen molar-refractivity contribution in [1.29, 1.82) is 0 Å². The molecular weight excluding hydrogens is 242 g/mol. The zero-order valence-electron chi connectivity index (χ0n) is 12.5. The zero-order valence-corrected chi connectivity index (χ0v) is 12.5. The lowest BCUT2D eigenvalue weighted by molar-refractivity contribution is 0.0635. The van der Waals surface area contributed by atoms with Crippen LogP contribution in [0.2, 0.25) is 0 Å². The number of hydrogen-bond acceptors (Lipinski definition) is 4. The van der Waals surface area contributed by atoms with Crippen molar-refractivity contribution in [2.45, 2.75) is 58.6 Å². The van der Waals surface area contributed by atoms with Crippen LogP contribution in [0, 0.1) is 0 Å². The van der Waals surface area contributed by atoms with Crippen molar-refractivity contribution in [1.82, 2.24) is 9.55 Å². The van der Waals surface area contributed by atoms with Crippen LogP contribution in [0.5, 0.6) is 0 Å². The van der Waals surface area contributed by atoms with Crippen LogP contribution in [0.1, 0.15) is 47.5 Å². The summed E-state index contributed by atoms with van der Waals surface area (Å²) in [5.74, 6) is 0.286. The van der Waals surface area contributed by atoms with Crippen LogP contribution in [0.4, 0.5) is 5.82 Å². The molecule has 0 aliphatic rings. The minimum absolute atomic E-state index is 0.165. The van der Waals surface area contributed by atoms with Crippen molar-refractivity contribution >= 4 is 5.82 Å². The Morgan fingerprint density at radius 2 is 2.00 bits per heavy atom. The van der Waals surface area contributed by atoms with Gasteiger partial charge in [0.1, 0.15) is 0 Å². The second-order valence-electron chi connectivity index (χ2n) is 6.22. The van der Waals surface area contributed by atoms with Gasteiger partial charge in [0.25, 0.3) is 5.56 Å². The quantitative estimate of drug-likeness (QED) is 0.856. The van der Waals surface area contributed by atoms with Gasteiger partial charge in [-0.2, -0.15) is 0 Å². The van der Waals surface area contributed by atoms with Crippen LogP contribution >= 0.6 is 0 Å². The number of nitrogens with one attached hydrogen (secondary N) is 1. The standard InChI is InChI=1S/C14H25N3O2/c1-6-7-14(5,19)10-16-11-12(18)17(9-8-15-11)13(2,3)4/h8-9,19H,6-7,10H2,1-5H3,(H,15,16). The molecule has 1 unspecified atom stereocenters. The van der Waals surface area contributed by atoms with Gasteiger partial charge >= 0.3 is 0 Å². The van der Waals surface area contributed by atoms with Gasteiger partial charge in [-0.05, 0) is 34.1 Å². The van der Waals surface area contributed by atoms with E-state index in [9.17, 15) is 9.90 Å². The first kappa shape index (κ1) is 15.7.